The third-order valence-corrected chi connectivity index (χ3v) is 6.73. The number of aryl methyl sites for hydroxylation is 2. The van der Waals surface area contributed by atoms with Gasteiger partial charge < -0.3 is 0 Å². The first-order chi connectivity index (χ1) is 12.9. The van der Waals surface area contributed by atoms with Crippen LogP contribution in [0.25, 0.3) is 10.2 Å². The Morgan fingerprint density at radius 1 is 1.22 bits per heavy atom. The smallest absolute Gasteiger partial charge is 0.263 e. The Kier molecular flexibility index (Phi) is 6.17. The second-order valence-electron chi connectivity index (χ2n) is 6.87. The monoisotopic (exact) mass is 400 g/mol. The summed E-state index contributed by atoms with van der Waals surface area (Å²) < 4.78 is 1.78. The van der Waals surface area contributed by atoms with E-state index < -0.39 is 0 Å². The summed E-state index contributed by atoms with van der Waals surface area (Å²) in [5, 5.41) is 1.49. The van der Waals surface area contributed by atoms with Crippen LogP contribution in [0.15, 0.2) is 40.3 Å². The first-order valence-electron chi connectivity index (χ1n) is 9.13. The number of ketones is 1. The Morgan fingerprint density at radius 3 is 2.59 bits per heavy atom. The molecule has 4 nitrogen and oxygen atoms in total. The third-order valence-electron chi connectivity index (χ3n) is 4.59. The van der Waals surface area contributed by atoms with E-state index >= 15 is 0 Å². The fourth-order valence-electron chi connectivity index (χ4n) is 3.01. The molecule has 0 aliphatic heterocycles. The number of fused-ring (bicyclic) bond motifs is 1. The maximum atomic E-state index is 13.0. The van der Waals surface area contributed by atoms with Crippen LogP contribution in [0, 0.1) is 13.8 Å². The number of carbonyl (C=O) groups is 1. The third kappa shape index (κ3) is 4.17. The number of nitrogens with zero attached hydrogens (tertiary/aromatic N) is 2. The number of carbonyl (C=O) groups excluding carboxylic acids is 1. The van der Waals surface area contributed by atoms with Gasteiger partial charge in [-0.2, -0.15) is 0 Å². The van der Waals surface area contributed by atoms with E-state index in [-0.39, 0.29) is 17.4 Å². The van der Waals surface area contributed by atoms with Gasteiger partial charge in [0.05, 0.1) is 5.39 Å². The molecule has 6 heteroatoms. The molecule has 0 aliphatic carbocycles. The number of benzene rings is 1. The van der Waals surface area contributed by atoms with Crippen LogP contribution >= 0.6 is 23.1 Å². The van der Waals surface area contributed by atoms with Gasteiger partial charge in [0, 0.05) is 28.7 Å². The molecule has 0 spiro atoms. The van der Waals surface area contributed by atoms with Crippen LogP contribution in [0.4, 0.5) is 0 Å². The zero-order valence-corrected chi connectivity index (χ0v) is 17.7. The van der Waals surface area contributed by atoms with E-state index in [2.05, 4.69) is 0 Å². The van der Waals surface area contributed by atoms with Crippen LogP contribution in [0.3, 0.4) is 0 Å². The van der Waals surface area contributed by atoms with Crippen molar-refractivity contribution >= 4 is 39.1 Å². The van der Waals surface area contributed by atoms with Gasteiger partial charge in [-0.3, -0.25) is 14.2 Å². The molecule has 0 aliphatic rings. The lowest BCUT2D eigenvalue weighted by atomic mass is 10.1. The Bertz CT molecular complexity index is 1020. The Balaban J connectivity index is 1.75. The van der Waals surface area contributed by atoms with E-state index in [9.17, 15) is 9.59 Å². The molecular formula is C21H24N2O2S2. The van der Waals surface area contributed by atoms with Crippen molar-refractivity contribution in [2.75, 3.05) is 5.75 Å². The highest BCUT2D eigenvalue weighted by Gasteiger charge is 2.18. The Hall–Kier alpha value is -1.92. The molecule has 0 saturated carbocycles. The molecule has 0 saturated heterocycles. The molecule has 1 aromatic carbocycles. The van der Waals surface area contributed by atoms with Crippen molar-refractivity contribution in [1.29, 1.82) is 0 Å². The number of hydrogen-bond acceptors (Lipinski definition) is 5. The maximum Gasteiger partial charge on any atom is 0.263 e. The zero-order valence-electron chi connectivity index (χ0n) is 16.1. The fourth-order valence-corrected chi connectivity index (χ4v) is 5.15. The molecule has 0 fully saturated rings. The van der Waals surface area contributed by atoms with E-state index in [0.717, 1.165) is 43.6 Å². The van der Waals surface area contributed by atoms with Crippen molar-refractivity contribution in [2.45, 2.75) is 51.7 Å². The molecule has 3 aromatic rings. The summed E-state index contributed by atoms with van der Waals surface area (Å²) >= 11 is 3.14. The normalized spacial score (nSPS) is 11.4. The van der Waals surface area contributed by atoms with Crippen LogP contribution in [-0.2, 0) is 0 Å². The van der Waals surface area contributed by atoms with Crippen molar-refractivity contribution < 1.29 is 4.79 Å². The van der Waals surface area contributed by atoms with Gasteiger partial charge in [0.2, 0.25) is 0 Å². The van der Waals surface area contributed by atoms with E-state index in [1.54, 1.807) is 27.7 Å². The topological polar surface area (TPSA) is 52.0 Å². The lowest BCUT2D eigenvalue weighted by Crippen LogP contribution is -2.25. The molecule has 2 heterocycles. The second-order valence-corrected chi connectivity index (χ2v) is 9.13. The Labute approximate surface area is 167 Å². The molecule has 0 radical (unpaired) electrons. The number of hydrogen-bond donors (Lipinski definition) is 0. The second kappa shape index (κ2) is 8.40. The summed E-state index contributed by atoms with van der Waals surface area (Å²) in [6, 6.07) is 9.42. The lowest BCUT2D eigenvalue weighted by Gasteiger charge is -2.15. The number of Topliss-reactive ketones (excluding diaryl/α,β-unsaturated/α-hetero) is 1. The van der Waals surface area contributed by atoms with Gasteiger partial charge in [-0.25, -0.2) is 4.98 Å². The first kappa shape index (κ1) is 19.8. The van der Waals surface area contributed by atoms with Gasteiger partial charge in [-0.05, 0) is 39.7 Å². The zero-order chi connectivity index (χ0) is 19.6. The highest BCUT2D eigenvalue weighted by molar-refractivity contribution is 7.99. The minimum Gasteiger partial charge on any atom is -0.294 e. The van der Waals surface area contributed by atoms with Gasteiger partial charge in [0.25, 0.3) is 5.56 Å². The number of aromatic nitrogens is 2. The number of thioether (sulfide) groups is 1. The van der Waals surface area contributed by atoms with Crippen LogP contribution in [0.1, 0.15) is 53.5 Å². The highest BCUT2D eigenvalue weighted by Crippen LogP contribution is 2.29. The minimum atomic E-state index is 0.0414. The van der Waals surface area contributed by atoms with E-state index in [1.165, 1.54) is 0 Å². The summed E-state index contributed by atoms with van der Waals surface area (Å²) in [5.74, 6) is 0.914. The number of rotatable bonds is 7. The molecule has 0 N–H and O–H groups in total. The SMILES string of the molecule is Cc1sc2nc(SCCCC(=O)c3ccccc3)n(C(C)C)c(=O)c2c1C. The van der Waals surface area contributed by atoms with Gasteiger partial charge in [0.1, 0.15) is 4.83 Å². The molecule has 0 bridgehead atoms. The molecule has 142 valence electrons. The average Bonchev–Trinajstić information content (AvgIpc) is 2.93. The molecule has 0 atom stereocenters. The van der Waals surface area contributed by atoms with Gasteiger partial charge in [0.15, 0.2) is 10.9 Å². The average molecular weight is 401 g/mol. The van der Waals surface area contributed by atoms with E-state index in [4.69, 9.17) is 4.98 Å². The molecule has 2 aromatic heterocycles. The molecular weight excluding hydrogens is 376 g/mol. The first-order valence-corrected chi connectivity index (χ1v) is 10.9. The Morgan fingerprint density at radius 2 is 1.93 bits per heavy atom. The summed E-state index contributed by atoms with van der Waals surface area (Å²) in [4.78, 5) is 32.0. The van der Waals surface area contributed by atoms with Crippen LogP contribution in [0.5, 0.6) is 0 Å². The number of thiophene rings is 1. The van der Waals surface area contributed by atoms with Gasteiger partial charge >= 0.3 is 0 Å². The van der Waals surface area contributed by atoms with Crippen molar-refractivity contribution in [1.82, 2.24) is 9.55 Å². The predicted molar refractivity (Wildman–Crippen MR) is 114 cm³/mol. The maximum absolute atomic E-state index is 13.0. The summed E-state index contributed by atoms with van der Waals surface area (Å²) in [6.07, 6.45) is 1.26. The summed E-state index contributed by atoms with van der Waals surface area (Å²) in [6.45, 7) is 8.03. The largest absolute Gasteiger partial charge is 0.294 e. The van der Waals surface area contributed by atoms with Gasteiger partial charge in [-0.1, -0.05) is 42.1 Å². The fraction of sp³-hybridized carbons (Fsp3) is 0.381. The minimum absolute atomic E-state index is 0.0414. The molecule has 3 rings (SSSR count). The standard InChI is InChI=1S/C21H24N2O2S2/c1-13(2)23-20(25)18-14(3)15(4)27-19(18)22-21(23)26-12-8-11-17(24)16-9-6-5-7-10-16/h5-7,9-10,13H,8,11-12H2,1-4H3. The quantitative estimate of drug-likeness (QED) is 0.230. The van der Waals surface area contributed by atoms with Crippen molar-refractivity contribution in [2.24, 2.45) is 0 Å². The van der Waals surface area contributed by atoms with E-state index in [1.807, 2.05) is 58.0 Å². The van der Waals surface area contributed by atoms with E-state index in [0.29, 0.717) is 6.42 Å². The van der Waals surface area contributed by atoms with Crippen LogP contribution in [-0.4, -0.2) is 21.1 Å². The molecule has 0 amide bonds. The van der Waals surface area contributed by atoms with Crippen LogP contribution in [0.2, 0.25) is 0 Å². The van der Waals surface area contributed by atoms with Crippen LogP contribution < -0.4 is 5.56 Å². The summed E-state index contributed by atoms with van der Waals surface area (Å²) in [5.41, 5.74) is 1.83. The summed E-state index contributed by atoms with van der Waals surface area (Å²) in [7, 11) is 0. The molecule has 27 heavy (non-hydrogen) atoms. The van der Waals surface area contributed by atoms with Crippen molar-refractivity contribution in [3.8, 4) is 0 Å². The molecule has 0 unspecified atom stereocenters. The lowest BCUT2D eigenvalue weighted by molar-refractivity contribution is 0.0982. The van der Waals surface area contributed by atoms with Gasteiger partial charge in [-0.15, -0.1) is 11.3 Å². The predicted octanol–water partition coefficient (Wildman–Crippen LogP) is 5.41. The highest BCUT2D eigenvalue weighted by atomic mass is 32.2. The van der Waals surface area contributed by atoms with Crippen molar-refractivity contribution in [3.05, 3.63) is 56.7 Å². The van der Waals surface area contributed by atoms with Crippen molar-refractivity contribution in [3.63, 3.8) is 0 Å².